The van der Waals surface area contributed by atoms with Crippen LogP contribution in [0.15, 0.2) is 60.9 Å². The van der Waals surface area contributed by atoms with Crippen molar-refractivity contribution in [2.75, 3.05) is 30.4 Å². The van der Waals surface area contributed by atoms with Gasteiger partial charge in [0.25, 0.3) is 0 Å². The highest BCUT2D eigenvalue weighted by molar-refractivity contribution is 5.94. The van der Waals surface area contributed by atoms with Gasteiger partial charge < -0.3 is 15.0 Å². The van der Waals surface area contributed by atoms with Crippen molar-refractivity contribution in [2.24, 2.45) is 5.92 Å². The molecular weight excluding hydrogens is 383 g/mol. The Balaban J connectivity index is 1.35. The van der Waals surface area contributed by atoms with E-state index in [0.29, 0.717) is 30.5 Å². The molecule has 30 heavy (non-hydrogen) atoms. The van der Waals surface area contributed by atoms with Gasteiger partial charge in [-0.1, -0.05) is 24.3 Å². The van der Waals surface area contributed by atoms with Gasteiger partial charge in [0.2, 0.25) is 11.9 Å². The molecule has 1 N–H and O–H groups in total. The van der Waals surface area contributed by atoms with Crippen molar-refractivity contribution in [3.05, 3.63) is 66.7 Å². The number of halogens is 1. The van der Waals surface area contributed by atoms with E-state index in [9.17, 15) is 9.18 Å². The third kappa shape index (κ3) is 4.40. The van der Waals surface area contributed by atoms with Gasteiger partial charge in [0.15, 0.2) is 0 Å². The highest BCUT2D eigenvalue weighted by Gasteiger charge is 2.26. The van der Waals surface area contributed by atoms with Crippen molar-refractivity contribution in [3.8, 4) is 16.9 Å². The van der Waals surface area contributed by atoms with Crippen LogP contribution in [0.3, 0.4) is 0 Å². The highest BCUT2D eigenvalue weighted by atomic mass is 19.1. The van der Waals surface area contributed by atoms with Crippen LogP contribution in [-0.4, -0.2) is 36.1 Å². The summed E-state index contributed by atoms with van der Waals surface area (Å²) < 4.78 is 18.4. The van der Waals surface area contributed by atoms with E-state index < -0.39 is 0 Å². The molecule has 1 fully saturated rings. The summed E-state index contributed by atoms with van der Waals surface area (Å²) in [6, 6.07) is 13.7. The normalized spacial score (nSPS) is 14.4. The molecule has 1 amide bonds. The zero-order valence-corrected chi connectivity index (χ0v) is 16.7. The third-order valence-electron chi connectivity index (χ3n) is 5.33. The van der Waals surface area contributed by atoms with Crippen molar-refractivity contribution < 1.29 is 13.9 Å². The molecule has 0 bridgehead atoms. The lowest BCUT2D eigenvalue weighted by Gasteiger charge is -2.31. The summed E-state index contributed by atoms with van der Waals surface area (Å²) in [5.41, 5.74) is 2.40. The number of piperidine rings is 1. The molecule has 0 saturated carbocycles. The van der Waals surface area contributed by atoms with Crippen molar-refractivity contribution in [2.45, 2.75) is 12.8 Å². The van der Waals surface area contributed by atoms with Crippen molar-refractivity contribution in [1.82, 2.24) is 9.97 Å². The lowest BCUT2D eigenvalue weighted by molar-refractivity contribution is -0.120. The van der Waals surface area contributed by atoms with Gasteiger partial charge in [0.1, 0.15) is 11.6 Å². The second kappa shape index (κ2) is 8.90. The highest BCUT2D eigenvalue weighted by Crippen LogP contribution is 2.27. The number of benzene rings is 2. The maximum atomic E-state index is 13.1. The minimum absolute atomic E-state index is 0.00623. The van der Waals surface area contributed by atoms with E-state index in [2.05, 4.69) is 20.2 Å². The van der Waals surface area contributed by atoms with Gasteiger partial charge >= 0.3 is 0 Å². The van der Waals surface area contributed by atoms with Gasteiger partial charge in [0.05, 0.1) is 12.8 Å². The molecule has 1 aliphatic rings. The molecule has 6 nitrogen and oxygen atoms in total. The number of para-hydroxylation sites is 2. The maximum absolute atomic E-state index is 13.1. The Kier molecular flexibility index (Phi) is 5.88. The first kappa shape index (κ1) is 19.8. The second-order valence-corrected chi connectivity index (χ2v) is 7.23. The summed E-state index contributed by atoms with van der Waals surface area (Å²) in [6.45, 7) is 1.42. The van der Waals surface area contributed by atoms with Crippen LogP contribution in [0, 0.1) is 11.7 Å². The number of carbonyl (C=O) groups is 1. The summed E-state index contributed by atoms with van der Waals surface area (Å²) in [4.78, 5) is 23.7. The zero-order chi connectivity index (χ0) is 20.9. The number of ether oxygens (including phenoxy) is 1. The van der Waals surface area contributed by atoms with E-state index in [0.717, 1.165) is 24.0 Å². The summed E-state index contributed by atoms with van der Waals surface area (Å²) in [5.74, 6) is 0.965. The predicted octanol–water partition coefficient (Wildman–Crippen LogP) is 4.15. The molecular formula is C23H23FN4O2. The lowest BCUT2D eigenvalue weighted by Crippen LogP contribution is -2.39. The van der Waals surface area contributed by atoms with Crippen LogP contribution in [0.5, 0.6) is 5.75 Å². The van der Waals surface area contributed by atoms with Crippen LogP contribution in [0.25, 0.3) is 11.1 Å². The quantitative estimate of drug-likeness (QED) is 0.690. The number of amides is 1. The van der Waals surface area contributed by atoms with Gasteiger partial charge in [-0.05, 0) is 42.7 Å². The number of anilines is 2. The third-order valence-corrected chi connectivity index (χ3v) is 5.33. The SMILES string of the molecule is COc1ccccc1NC(=O)C1CCN(c2ncc(-c3ccc(F)cc3)cn2)CC1. The molecule has 2 heterocycles. The number of rotatable bonds is 5. The fourth-order valence-corrected chi connectivity index (χ4v) is 3.60. The molecule has 1 aliphatic heterocycles. The van der Waals surface area contributed by atoms with Gasteiger partial charge in [-0.25, -0.2) is 14.4 Å². The Morgan fingerprint density at radius 3 is 2.37 bits per heavy atom. The number of nitrogens with one attached hydrogen (secondary N) is 1. The van der Waals surface area contributed by atoms with E-state index in [-0.39, 0.29) is 17.6 Å². The van der Waals surface area contributed by atoms with Crippen molar-refractivity contribution in [1.29, 1.82) is 0 Å². The molecule has 4 rings (SSSR count). The van der Waals surface area contributed by atoms with Crippen LogP contribution in [-0.2, 0) is 4.79 Å². The van der Waals surface area contributed by atoms with Crippen LogP contribution in [0.1, 0.15) is 12.8 Å². The molecule has 0 aliphatic carbocycles. The molecule has 0 unspecified atom stereocenters. The van der Waals surface area contributed by atoms with Crippen molar-refractivity contribution >= 4 is 17.5 Å². The molecule has 1 saturated heterocycles. The fourth-order valence-electron chi connectivity index (χ4n) is 3.60. The van der Waals surface area contributed by atoms with E-state index in [1.807, 2.05) is 24.3 Å². The monoisotopic (exact) mass is 406 g/mol. The number of carbonyl (C=O) groups excluding carboxylic acids is 1. The number of methoxy groups -OCH3 is 1. The number of hydrogen-bond acceptors (Lipinski definition) is 5. The fraction of sp³-hybridized carbons (Fsp3) is 0.261. The smallest absolute Gasteiger partial charge is 0.227 e. The molecule has 0 radical (unpaired) electrons. The first-order valence-electron chi connectivity index (χ1n) is 9.91. The Hall–Kier alpha value is -3.48. The minimum atomic E-state index is -0.270. The maximum Gasteiger partial charge on any atom is 0.227 e. The average Bonchev–Trinajstić information content (AvgIpc) is 2.80. The van der Waals surface area contributed by atoms with E-state index in [1.165, 1.54) is 12.1 Å². The van der Waals surface area contributed by atoms with E-state index in [1.54, 1.807) is 31.6 Å². The topological polar surface area (TPSA) is 67.3 Å². The Bertz CT molecular complexity index is 1000. The summed E-state index contributed by atoms with van der Waals surface area (Å²) in [7, 11) is 1.59. The van der Waals surface area contributed by atoms with Crippen LogP contribution in [0.4, 0.5) is 16.0 Å². The molecule has 7 heteroatoms. The first-order chi connectivity index (χ1) is 14.6. The molecule has 2 aromatic carbocycles. The molecule has 1 aromatic heterocycles. The van der Waals surface area contributed by atoms with Gasteiger partial charge in [0, 0.05) is 37.0 Å². The Labute approximate surface area is 174 Å². The predicted molar refractivity (Wildman–Crippen MR) is 114 cm³/mol. The molecule has 0 spiro atoms. The zero-order valence-electron chi connectivity index (χ0n) is 16.7. The number of hydrogen-bond donors (Lipinski definition) is 1. The number of nitrogens with zero attached hydrogens (tertiary/aromatic N) is 3. The van der Waals surface area contributed by atoms with Crippen LogP contribution in [0.2, 0.25) is 0 Å². The van der Waals surface area contributed by atoms with Gasteiger partial charge in [-0.15, -0.1) is 0 Å². The van der Waals surface area contributed by atoms with Crippen LogP contribution < -0.4 is 15.0 Å². The summed E-state index contributed by atoms with van der Waals surface area (Å²) in [5, 5.41) is 2.97. The molecule has 0 atom stereocenters. The molecule has 154 valence electrons. The Morgan fingerprint density at radius 1 is 1.03 bits per heavy atom. The van der Waals surface area contributed by atoms with Gasteiger partial charge in [-0.2, -0.15) is 0 Å². The second-order valence-electron chi connectivity index (χ2n) is 7.23. The number of aromatic nitrogens is 2. The minimum Gasteiger partial charge on any atom is -0.495 e. The lowest BCUT2D eigenvalue weighted by atomic mass is 9.96. The summed E-state index contributed by atoms with van der Waals surface area (Å²) in [6.07, 6.45) is 4.94. The summed E-state index contributed by atoms with van der Waals surface area (Å²) >= 11 is 0. The van der Waals surface area contributed by atoms with E-state index >= 15 is 0 Å². The van der Waals surface area contributed by atoms with Crippen molar-refractivity contribution in [3.63, 3.8) is 0 Å². The first-order valence-corrected chi connectivity index (χ1v) is 9.91. The average molecular weight is 406 g/mol. The van der Waals surface area contributed by atoms with Gasteiger partial charge in [-0.3, -0.25) is 4.79 Å². The standard InChI is InChI=1S/C23H23FN4O2/c1-30-21-5-3-2-4-20(21)27-22(29)17-10-12-28(13-11-17)23-25-14-18(15-26-23)16-6-8-19(24)9-7-16/h2-9,14-15,17H,10-13H2,1H3,(H,27,29). The Morgan fingerprint density at radius 2 is 1.70 bits per heavy atom. The van der Waals surface area contributed by atoms with E-state index in [4.69, 9.17) is 4.74 Å². The molecule has 3 aromatic rings. The largest absolute Gasteiger partial charge is 0.495 e. The van der Waals surface area contributed by atoms with Crippen LogP contribution >= 0.6 is 0 Å².